The van der Waals surface area contributed by atoms with Gasteiger partial charge >= 0.3 is 0 Å². The summed E-state index contributed by atoms with van der Waals surface area (Å²) in [6.45, 7) is 1.94. The van der Waals surface area contributed by atoms with Gasteiger partial charge in [0, 0.05) is 46.8 Å². The van der Waals surface area contributed by atoms with Gasteiger partial charge < -0.3 is 10.2 Å². The van der Waals surface area contributed by atoms with Crippen LogP contribution in [0.1, 0.15) is 29.6 Å². The number of benzene rings is 1. The van der Waals surface area contributed by atoms with E-state index in [4.69, 9.17) is 0 Å². The number of pyridine rings is 1. The molecular formula is C18H21N3O2S. The van der Waals surface area contributed by atoms with Crippen LogP contribution in [0.3, 0.4) is 0 Å². The van der Waals surface area contributed by atoms with Crippen molar-refractivity contribution in [2.24, 2.45) is 0 Å². The van der Waals surface area contributed by atoms with Gasteiger partial charge in [-0.3, -0.25) is 9.00 Å². The molecule has 1 aromatic carbocycles. The lowest BCUT2D eigenvalue weighted by Crippen LogP contribution is -2.31. The predicted octanol–water partition coefficient (Wildman–Crippen LogP) is 3.06. The number of nitrogens with zero attached hydrogens (tertiary/aromatic N) is 2. The molecule has 0 radical (unpaired) electrons. The summed E-state index contributed by atoms with van der Waals surface area (Å²) in [5, 5.41) is 2.95. The number of carbonyl (C=O) groups excluding carboxylic acids is 1. The smallest absolute Gasteiger partial charge is 0.255 e. The summed E-state index contributed by atoms with van der Waals surface area (Å²) in [7, 11) is -1.04. The molecule has 1 amide bonds. The lowest BCUT2D eigenvalue weighted by molar-refractivity contribution is 0.102. The molecule has 0 unspecified atom stereocenters. The molecule has 1 saturated heterocycles. The number of aromatic nitrogens is 1. The van der Waals surface area contributed by atoms with E-state index in [1.807, 2.05) is 12.1 Å². The Morgan fingerprint density at radius 3 is 2.50 bits per heavy atom. The standard InChI is InChI=1S/C18H21N3O2S/c1-24(23)15-9-7-14(8-10-15)18(22)20-16-6-5-11-19-17(16)21-12-3-2-4-13-21/h5-11H,2-4,12-13H2,1H3,(H,20,22)/t24-/m1/s1. The Labute approximate surface area is 144 Å². The first-order chi connectivity index (χ1) is 11.6. The van der Waals surface area contributed by atoms with E-state index < -0.39 is 10.8 Å². The first-order valence-electron chi connectivity index (χ1n) is 8.10. The van der Waals surface area contributed by atoms with Crippen LogP contribution < -0.4 is 10.2 Å². The van der Waals surface area contributed by atoms with Gasteiger partial charge in [0.25, 0.3) is 5.91 Å². The SMILES string of the molecule is C[S@@](=O)c1ccc(C(=O)Nc2cccnc2N2CCCCC2)cc1. The third-order valence-corrected chi connectivity index (χ3v) is 5.07. The molecule has 126 valence electrons. The number of amides is 1. The largest absolute Gasteiger partial charge is 0.355 e. The summed E-state index contributed by atoms with van der Waals surface area (Å²) in [6.07, 6.45) is 6.93. The summed E-state index contributed by atoms with van der Waals surface area (Å²) >= 11 is 0. The van der Waals surface area contributed by atoms with Crippen LogP contribution in [-0.2, 0) is 10.8 Å². The molecule has 0 aliphatic carbocycles. The van der Waals surface area contributed by atoms with Crippen molar-refractivity contribution in [3.63, 3.8) is 0 Å². The molecule has 1 aliphatic heterocycles. The maximum absolute atomic E-state index is 12.5. The number of piperidine rings is 1. The maximum atomic E-state index is 12.5. The summed E-state index contributed by atoms with van der Waals surface area (Å²) in [5.41, 5.74) is 1.27. The molecule has 1 fully saturated rings. The number of carbonyl (C=O) groups is 1. The molecule has 6 heteroatoms. The second-order valence-corrected chi connectivity index (χ2v) is 7.23. The van der Waals surface area contributed by atoms with E-state index >= 15 is 0 Å². The summed E-state index contributed by atoms with van der Waals surface area (Å²) in [6, 6.07) is 10.5. The number of nitrogens with one attached hydrogen (secondary N) is 1. The van der Waals surface area contributed by atoms with Crippen LogP contribution in [0.2, 0.25) is 0 Å². The highest BCUT2D eigenvalue weighted by molar-refractivity contribution is 7.84. The highest BCUT2D eigenvalue weighted by Gasteiger charge is 2.17. The minimum absolute atomic E-state index is 0.185. The fourth-order valence-electron chi connectivity index (χ4n) is 2.84. The molecule has 1 N–H and O–H groups in total. The van der Waals surface area contributed by atoms with Gasteiger partial charge in [-0.25, -0.2) is 4.98 Å². The van der Waals surface area contributed by atoms with Crippen LogP contribution >= 0.6 is 0 Å². The Morgan fingerprint density at radius 2 is 1.83 bits per heavy atom. The third-order valence-electron chi connectivity index (χ3n) is 4.14. The number of rotatable bonds is 4. The van der Waals surface area contributed by atoms with Crippen LogP contribution in [0.15, 0.2) is 47.5 Å². The van der Waals surface area contributed by atoms with E-state index in [1.165, 1.54) is 6.42 Å². The van der Waals surface area contributed by atoms with Gasteiger partial charge in [0.1, 0.15) is 0 Å². The van der Waals surface area contributed by atoms with Crippen molar-refractivity contribution in [3.8, 4) is 0 Å². The molecule has 0 saturated carbocycles. The van der Waals surface area contributed by atoms with Crippen LogP contribution in [0.5, 0.6) is 0 Å². The van der Waals surface area contributed by atoms with Gasteiger partial charge in [0.05, 0.1) is 5.69 Å². The predicted molar refractivity (Wildman–Crippen MR) is 97.0 cm³/mol. The molecular weight excluding hydrogens is 322 g/mol. The molecule has 24 heavy (non-hydrogen) atoms. The lowest BCUT2D eigenvalue weighted by Gasteiger charge is -2.29. The Kier molecular flexibility index (Phi) is 5.25. The topological polar surface area (TPSA) is 62.3 Å². The molecule has 0 spiro atoms. The number of hydrogen-bond acceptors (Lipinski definition) is 4. The zero-order chi connectivity index (χ0) is 16.9. The van der Waals surface area contributed by atoms with Gasteiger partial charge in [-0.2, -0.15) is 0 Å². The van der Waals surface area contributed by atoms with Crippen LogP contribution in [-0.4, -0.2) is 34.4 Å². The minimum atomic E-state index is -1.04. The Bertz CT molecular complexity index is 740. The molecule has 2 aromatic rings. The van der Waals surface area contributed by atoms with Crippen molar-refractivity contribution in [1.29, 1.82) is 0 Å². The molecule has 1 aliphatic rings. The highest BCUT2D eigenvalue weighted by Crippen LogP contribution is 2.26. The molecule has 2 heterocycles. The molecule has 0 bridgehead atoms. The number of anilines is 2. The molecule has 1 atom stereocenters. The fourth-order valence-corrected chi connectivity index (χ4v) is 3.36. The van der Waals surface area contributed by atoms with Crippen molar-refractivity contribution < 1.29 is 9.00 Å². The molecule has 1 aromatic heterocycles. The highest BCUT2D eigenvalue weighted by atomic mass is 32.2. The van der Waals surface area contributed by atoms with E-state index in [0.29, 0.717) is 10.5 Å². The normalized spacial score (nSPS) is 15.8. The average molecular weight is 343 g/mol. The summed E-state index contributed by atoms with van der Waals surface area (Å²) in [4.78, 5) is 19.9. The zero-order valence-electron chi connectivity index (χ0n) is 13.7. The minimum Gasteiger partial charge on any atom is -0.355 e. The summed E-state index contributed by atoms with van der Waals surface area (Å²) < 4.78 is 11.4. The van der Waals surface area contributed by atoms with Crippen LogP contribution in [0.25, 0.3) is 0 Å². The number of hydrogen-bond donors (Lipinski definition) is 1. The summed E-state index contributed by atoms with van der Waals surface area (Å²) in [5.74, 6) is 0.645. The van der Waals surface area contributed by atoms with Gasteiger partial charge in [-0.15, -0.1) is 0 Å². The van der Waals surface area contributed by atoms with Crippen molar-refractivity contribution in [2.45, 2.75) is 24.2 Å². The Hall–Kier alpha value is -2.21. The first-order valence-corrected chi connectivity index (χ1v) is 9.66. The van der Waals surface area contributed by atoms with Crippen molar-refractivity contribution >= 4 is 28.2 Å². The second kappa shape index (κ2) is 7.57. The second-order valence-electron chi connectivity index (χ2n) is 5.85. The molecule has 5 nitrogen and oxygen atoms in total. The van der Waals surface area contributed by atoms with E-state index in [-0.39, 0.29) is 5.91 Å². The Balaban J connectivity index is 1.77. The van der Waals surface area contributed by atoms with Gasteiger partial charge in [-0.05, 0) is 55.7 Å². The van der Waals surface area contributed by atoms with Crippen molar-refractivity contribution in [2.75, 3.05) is 29.6 Å². The average Bonchev–Trinajstić information content (AvgIpc) is 2.63. The van der Waals surface area contributed by atoms with Crippen LogP contribution in [0, 0.1) is 0 Å². The Morgan fingerprint density at radius 1 is 1.12 bits per heavy atom. The van der Waals surface area contributed by atoms with E-state index in [1.54, 1.807) is 36.7 Å². The molecule has 3 rings (SSSR count). The lowest BCUT2D eigenvalue weighted by atomic mass is 10.1. The monoisotopic (exact) mass is 343 g/mol. The van der Waals surface area contributed by atoms with Crippen molar-refractivity contribution in [1.82, 2.24) is 4.98 Å². The maximum Gasteiger partial charge on any atom is 0.255 e. The van der Waals surface area contributed by atoms with Gasteiger partial charge in [-0.1, -0.05) is 0 Å². The quantitative estimate of drug-likeness (QED) is 0.927. The van der Waals surface area contributed by atoms with Gasteiger partial charge in [0.15, 0.2) is 5.82 Å². The van der Waals surface area contributed by atoms with Gasteiger partial charge in [0.2, 0.25) is 0 Å². The van der Waals surface area contributed by atoms with E-state index in [2.05, 4.69) is 15.2 Å². The van der Waals surface area contributed by atoms with Crippen molar-refractivity contribution in [3.05, 3.63) is 48.2 Å². The first kappa shape index (κ1) is 16.6. The fraction of sp³-hybridized carbons (Fsp3) is 0.333. The zero-order valence-corrected chi connectivity index (χ0v) is 14.5. The van der Waals surface area contributed by atoms with E-state index in [9.17, 15) is 9.00 Å². The van der Waals surface area contributed by atoms with E-state index in [0.717, 1.165) is 37.4 Å². The third kappa shape index (κ3) is 3.82. The van der Waals surface area contributed by atoms with Crippen LogP contribution in [0.4, 0.5) is 11.5 Å².